The number of hydrogen-bond donors (Lipinski definition) is 0. The largest absolute Gasteiger partial charge is 0.488 e. The van der Waals surface area contributed by atoms with Gasteiger partial charge in [0.25, 0.3) is 5.91 Å². The van der Waals surface area contributed by atoms with Crippen LogP contribution in [0, 0.1) is 6.92 Å². The minimum atomic E-state index is -0.547. The molecule has 1 aromatic heterocycles. The van der Waals surface area contributed by atoms with Crippen LogP contribution in [0.2, 0.25) is 0 Å². The second-order valence-electron chi connectivity index (χ2n) is 7.39. The van der Waals surface area contributed by atoms with Gasteiger partial charge in [0.15, 0.2) is 0 Å². The van der Waals surface area contributed by atoms with Crippen molar-refractivity contribution in [3.63, 3.8) is 0 Å². The molecule has 2 saturated heterocycles. The molecule has 0 aliphatic carbocycles. The van der Waals surface area contributed by atoms with Crippen molar-refractivity contribution in [2.24, 2.45) is 0 Å². The predicted molar refractivity (Wildman–Crippen MR) is 107 cm³/mol. The lowest BCUT2D eigenvalue weighted by Gasteiger charge is -2.32. The molecule has 152 valence electrons. The van der Waals surface area contributed by atoms with Gasteiger partial charge in [-0.3, -0.25) is 14.6 Å². The van der Waals surface area contributed by atoms with Gasteiger partial charge in [-0.05, 0) is 30.7 Å². The van der Waals surface area contributed by atoms with Crippen LogP contribution >= 0.6 is 0 Å². The second kappa shape index (κ2) is 8.61. The molecule has 0 spiro atoms. The Balaban J connectivity index is 1.57. The molecule has 2 amide bonds. The van der Waals surface area contributed by atoms with E-state index in [4.69, 9.17) is 9.47 Å². The molecule has 0 saturated carbocycles. The highest BCUT2D eigenvalue weighted by molar-refractivity contribution is 5.98. The highest BCUT2D eigenvalue weighted by atomic mass is 16.5. The van der Waals surface area contributed by atoms with Crippen LogP contribution in [0.25, 0.3) is 0 Å². The van der Waals surface area contributed by atoms with Crippen LogP contribution in [-0.2, 0) is 9.53 Å². The molecule has 7 nitrogen and oxygen atoms in total. The molecule has 2 atom stereocenters. The van der Waals surface area contributed by atoms with Crippen LogP contribution in [0.1, 0.15) is 22.3 Å². The molecular weight excluding hydrogens is 370 g/mol. The van der Waals surface area contributed by atoms with Crippen molar-refractivity contribution in [2.45, 2.75) is 25.5 Å². The molecule has 7 heteroatoms. The van der Waals surface area contributed by atoms with E-state index in [2.05, 4.69) is 4.98 Å². The van der Waals surface area contributed by atoms with E-state index < -0.39 is 6.04 Å². The maximum Gasteiger partial charge on any atom is 0.256 e. The van der Waals surface area contributed by atoms with Crippen molar-refractivity contribution >= 4 is 11.8 Å². The summed E-state index contributed by atoms with van der Waals surface area (Å²) in [4.78, 5) is 34.1. The fraction of sp³-hybridized carbons (Fsp3) is 0.409. The first-order valence-corrected chi connectivity index (χ1v) is 9.93. The van der Waals surface area contributed by atoms with Crippen LogP contribution in [-0.4, -0.2) is 71.6 Å². The number of amides is 2. The summed E-state index contributed by atoms with van der Waals surface area (Å²) in [5.74, 6) is 0.519. The van der Waals surface area contributed by atoms with Crippen molar-refractivity contribution < 1.29 is 19.1 Å². The van der Waals surface area contributed by atoms with Crippen molar-refractivity contribution in [1.29, 1.82) is 0 Å². The summed E-state index contributed by atoms with van der Waals surface area (Å²) in [6.45, 7) is 4.39. The van der Waals surface area contributed by atoms with Crippen LogP contribution in [0.3, 0.4) is 0 Å². The molecule has 0 N–H and O–H groups in total. The summed E-state index contributed by atoms with van der Waals surface area (Å²) >= 11 is 0. The summed E-state index contributed by atoms with van der Waals surface area (Å²) in [7, 11) is 0. The highest BCUT2D eigenvalue weighted by Crippen LogP contribution is 2.27. The number of rotatable bonds is 4. The number of nitrogens with zero attached hydrogens (tertiary/aromatic N) is 3. The van der Waals surface area contributed by atoms with Crippen molar-refractivity contribution in [3.8, 4) is 5.75 Å². The van der Waals surface area contributed by atoms with E-state index in [1.807, 2.05) is 37.3 Å². The van der Waals surface area contributed by atoms with E-state index in [0.29, 0.717) is 44.8 Å². The number of hydrogen-bond acceptors (Lipinski definition) is 5. The number of ether oxygens (including phenoxy) is 2. The molecular formula is C22H25N3O4. The molecule has 0 radical (unpaired) electrons. The third-order valence-electron chi connectivity index (χ3n) is 5.45. The standard InChI is InChI=1S/C22H25N3O4/c1-16-7-8-23-14-19(16)21(26)25-15-18(29-17-5-3-2-4-6-17)13-20(25)22(27)24-9-11-28-12-10-24/h2-8,14,18,20H,9-13,15H2,1H3/t18-,20-/m0/s1. The van der Waals surface area contributed by atoms with E-state index in [1.54, 1.807) is 28.3 Å². The third-order valence-corrected chi connectivity index (χ3v) is 5.45. The van der Waals surface area contributed by atoms with Gasteiger partial charge in [0.1, 0.15) is 17.9 Å². The van der Waals surface area contributed by atoms with Gasteiger partial charge >= 0.3 is 0 Å². The number of likely N-dealkylation sites (tertiary alicyclic amines) is 1. The van der Waals surface area contributed by atoms with Gasteiger partial charge in [-0.25, -0.2) is 0 Å². The van der Waals surface area contributed by atoms with Gasteiger partial charge in [-0.15, -0.1) is 0 Å². The number of aryl methyl sites for hydroxylation is 1. The molecule has 2 fully saturated rings. The van der Waals surface area contributed by atoms with Gasteiger partial charge in [0.05, 0.1) is 25.3 Å². The zero-order chi connectivity index (χ0) is 20.2. The van der Waals surface area contributed by atoms with Gasteiger partial charge < -0.3 is 19.3 Å². The molecule has 4 rings (SSSR count). The maximum absolute atomic E-state index is 13.3. The Morgan fingerprint density at radius 2 is 1.90 bits per heavy atom. The summed E-state index contributed by atoms with van der Waals surface area (Å²) in [6, 6.07) is 10.8. The topological polar surface area (TPSA) is 72.0 Å². The summed E-state index contributed by atoms with van der Waals surface area (Å²) in [5.41, 5.74) is 1.36. The Morgan fingerprint density at radius 3 is 2.62 bits per heavy atom. The predicted octanol–water partition coefficient (Wildman–Crippen LogP) is 1.91. The van der Waals surface area contributed by atoms with Gasteiger partial charge in [0, 0.05) is 31.9 Å². The molecule has 0 bridgehead atoms. The molecule has 2 aliphatic heterocycles. The van der Waals surface area contributed by atoms with E-state index in [1.165, 1.54) is 0 Å². The minimum Gasteiger partial charge on any atom is -0.488 e. The Labute approximate surface area is 170 Å². The number of carbonyl (C=O) groups is 2. The van der Waals surface area contributed by atoms with E-state index >= 15 is 0 Å². The zero-order valence-electron chi connectivity index (χ0n) is 16.5. The SMILES string of the molecule is Cc1ccncc1C(=O)N1C[C@@H](Oc2ccccc2)C[C@H]1C(=O)N1CCOCC1. The third kappa shape index (κ3) is 4.24. The lowest BCUT2D eigenvalue weighted by molar-refractivity contribution is -0.139. The normalized spacial score (nSPS) is 21.8. The van der Waals surface area contributed by atoms with Crippen LogP contribution in [0.15, 0.2) is 48.8 Å². The lowest BCUT2D eigenvalue weighted by atomic mass is 10.1. The van der Waals surface area contributed by atoms with Gasteiger partial charge in [-0.2, -0.15) is 0 Å². The zero-order valence-corrected chi connectivity index (χ0v) is 16.5. The molecule has 1 aromatic carbocycles. The Kier molecular flexibility index (Phi) is 5.76. The number of para-hydroxylation sites is 1. The minimum absolute atomic E-state index is 0.0395. The van der Waals surface area contributed by atoms with E-state index in [0.717, 1.165) is 11.3 Å². The molecule has 2 aliphatic rings. The summed E-state index contributed by atoms with van der Waals surface area (Å²) in [5, 5.41) is 0. The number of benzene rings is 1. The summed E-state index contributed by atoms with van der Waals surface area (Å²) in [6.07, 6.45) is 3.46. The van der Waals surface area contributed by atoms with Crippen molar-refractivity contribution in [2.75, 3.05) is 32.8 Å². The molecule has 3 heterocycles. The first-order valence-electron chi connectivity index (χ1n) is 9.93. The molecule has 0 unspecified atom stereocenters. The second-order valence-corrected chi connectivity index (χ2v) is 7.39. The number of carbonyl (C=O) groups excluding carboxylic acids is 2. The fourth-order valence-electron chi connectivity index (χ4n) is 3.87. The van der Waals surface area contributed by atoms with Crippen molar-refractivity contribution in [1.82, 2.24) is 14.8 Å². The Bertz CT molecular complexity index is 867. The summed E-state index contributed by atoms with van der Waals surface area (Å²) < 4.78 is 11.4. The average molecular weight is 395 g/mol. The quantitative estimate of drug-likeness (QED) is 0.791. The van der Waals surface area contributed by atoms with E-state index in [9.17, 15) is 9.59 Å². The van der Waals surface area contributed by atoms with E-state index in [-0.39, 0.29) is 17.9 Å². The van der Waals surface area contributed by atoms with Crippen LogP contribution in [0.4, 0.5) is 0 Å². The highest BCUT2D eigenvalue weighted by Gasteiger charge is 2.43. The monoisotopic (exact) mass is 395 g/mol. The average Bonchev–Trinajstić information content (AvgIpc) is 3.18. The molecule has 2 aromatic rings. The fourth-order valence-corrected chi connectivity index (χ4v) is 3.87. The Morgan fingerprint density at radius 1 is 1.14 bits per heavy atom. The first-order chi connectivity index (χ1) is 14.1. The number of pyridine rings is 1. The van der Waals surface area contributed by atoms with Gasteiger partial charge in [-0.1, -0.05) is 18.2 Å². The number of aromatic nitrogens is 1. The van der Waals surface area contributed by atoms with Crippen LogP contribution < -0.4 is 4.74 Å². The lowest BCUT2D eigenvalue weighted by Crippen LogP contribution is -2.51. The van der Waals surface area contributed by atoms with Gasteiger partial charge in [0.2, 0.25) is 5.91 Å². The van der Waals surface area contributed by atoms with Crippen LogP contribution in [0.5, 0.6) is 5.75 Å². The molecule has 29 heavy (non-hydrogen) atoms. The Hall–Kier alpha value is -2.93. The first kappa shape index (κ1) is 19.4. The number of morpholine rings is 1. The van der Waals surface area contributed by atoms with Crippen molar-refractivity contribution in [3.05, 3.63) is 59.9 Å². The maximum atomic E-state index is 13.3. The smallest absolute Gasteiger partial charge is 0.256 e.